The summed E-state index contributed by atoms with van der Waals surface area (Å²) < 4.78 is 37.7. The molecule has 0 aliphatic carbocycles. The molecule has 1 saturated heterocycles. The third-order valence-corrected chi connectivity index (χ3v) is 4.37. The molecule has 3 rings (SSSR count). The number of rotatable bonds is 3. The smallest absolute Gasteiger partial charge is 0.342 e. The van der Waals surface area contributed by atoms with E-state index in [1.165, 1.54) is 12.1 Å². The fraction of sp³-hybridized carbons (Fsp3) is 0.412. The number of carbonyl (C=O) groups excluding carboxylic acids is 1. The summed E-state index contributed by atoms with van der Waals surface area (Å²) in [6.45, 7) is 1.30. The molecule has 128 valence electrons. The van der Waals surface area contributed by atoms with Gasteiger partial charge in [-0.15, -0.1) is 0 Å². The maximum absolute atomic E-state index is 12.6. The van der Waals surface area contributed by atoms with Gasteiger partial charge in [-0.05, 0) is 36.6 Å². The van der Waals surface area contributed by atoms with Crippen molar-refractivity contribution in [3.05, 3.63) is 53.3 Å². The number of aromatic nitrogens is 2. The molecule has 1 amide bonds. The molecule has 4 nitrogen and oxygen atoms in total. The number of aromatic amines is 1. The first kappa shape index (κ1) is 16.5. The SMILES string of the molecule is O=C(Cc1ccc(C(F)(F)F)cc1)N1CCCC(c2ccn[nH]2)C1. The number of alkyl halides is 3. The van der Waals surface area contributed by atoms with Crippen LogP contribution in [0.2, 0.25) is 0 Å². The van der Waals surface area contributed by atoms with E-state index in [-0.39, 0.29) is 18.2 Å². The molecule has 0 radical (unpaired) electrons. The second-order valence-electron chi connectivity index (χ2n) is 6.06. The summed E-state index contributed by atoms with van der Waals surface area (Å²) in [5.74, 6) is 0.178. The summed E-state index contributed by atoms with van der Waals surface area (Å²) in [6, 6.07) is 6.70. The highest BCUT2D eigenvalue weighted by atomic mass is 19.4. The summed E-state index contributed by atoms with van der Waals surface area (Å²) in [5.41, 5.74) is 0.912. The zero-order valence-electron chi connectivity index (χ0n) is 13.0. The summed E-state index contributed by atoms with van der Waals surface area (Å²) in [6.07, 6.45) is -0.645. The molecule has 1 fully saturated rings. The number of hydrogen-bond acceptors (Lipinski definition) is 2. The first-order valence-corrected chi connectivity index (χ1v) is 7.86. The van der Waals surface area contributed by atoms with Gasteiger partial charge in [-0.25, -0.2) is 0 Å². The van der Waals surface area contributed by atoms with Crippen molar-refractivity contribution in [2.75, 3.05) is 13.1 Å². The zero-order valence-corrected chi connectivity index (χ0v) is 13.0. The number of benzene rings is 1. The molecule has 1 unspecified atom stereocenters. The highest BCUT2D eigenvalue weighted by molar-refractivity contribution is 5.79. The Labute approximate surface area is 137 Å². The van der Waals surface area contributed by atoms with Crippen molar-refractivity contribution in [1.29, 1.82) is 0 Å². The quantitative estimate of drug-likeness (QED) is 0.933. The number of carbonyl (C=O) groups is 1. The average Bonchev–Trinajstić information content (AvgIpc) is 3.09. The highest BCUT2D eigenvalue weighted by Crippen LogP contribution is 2.29. The van der Waals surface area contributed by atoms with Crippen molar-refractivity contribution in [2.45, 2.75) is 31.4 Å². The second kappa shape index (κ2) is 6.67. The van der Waals surface area contributed by atoms with Crippen LogP contribution in [0, 0.1) is 0 Å². The Morgan fingerprint density at radius 1 is 1.25 bits per heavy atom. The number of amides is 1. The maximum Gasteiger partial charge on any atom is 0.416 e. The van der Waals surface area contributed by atoms with Crippen LogP contribution in [0.5, 0.6) is 0 Å². The van der Waals surface area contributed by atoms with Crippen LogP contribution in [0.25, 0.3) is 0 Å². The number of piperidine rings is 1. The number of H-pyrrole nitrogens is 1. The topological polar surface area (TPSA) is 49.0 Å². The minimum atomic E-state index is -4.35. The van der Waals surface area contributed by atoms with Crippen LogP contribution in [0.4, 0.5) is 13.2 Å². The number of nitrogens with zero attached hydrogens (tertiary/aromatic N) is 2. The lowest BCUT2D eigenvalue weighted by molar-refractivity contribution is -0.137. The summed E-state index contributed by atoms with van der Waals surface area (Å²) in [4.78, 5) is 14.2. The molecule has 1 atom stereocenters. The van der Waals surface area contributed by atoms with Gasteiger partial charge in [-0.2, -0.15) is 18.3 Å². The highest BCUT2D eigenvalue weighted by Gasteiger charge is 2.30. The van der Waals surface area contributed by atoms with Gasteiger partial charge in [0.05, 0.1) is 12.0 Å². The van der Waals surface area contributed by atoms with E-state index < -0.39 is 11.7 Å². The van der Waals surface area contributed by atoms with Crippen molar-refractivity contribution in [2.24, 2.45) is 0 Å². The van der Waals surface area contributed by atoms with Gasteiger partial charge in [0.2, 0.25) is 5.91 Å². The van der Waals surface area contributed by atoms with E-state index in [0.29, 0.717) is 18.7 Å². The van der Waals surface area contributed by atoms with E-state index >= 15 is 0 Å². The van der Waals surface area contributed by atoms with Gasteiger partial charge in [0, 0.05) is 30.9 Å². The largest absolute Gasteiger partial charge is 0.416 e. The van der Waals surface area contributed by atoms with Gasteiger partial charge in [0.15, 0.2) is 0 Å². The zero-order chi connectivity index (χ0) is 17.2. The Morgan fingerprint density at radius 2 is 2.00 bits per heavy atom. The monoisotopic (exact) mass is 337 g/mol. The van der Waals surface area contributed by atoms with Gasteiger partial charge in [0.1, 0.15) is 0 Å². The summed E-state index contributed by atoms with van der Waals surface area (Å²) in [5, 5.41) is 6.88. The Kier molecular flexibility index (Phi) is 4.59. The van der Waals surface area contributed by atoms with Gasteiger partial charge < -0.3 is 4.90 Å². The molecule has 24 heavy (non-hydrogen) atoms. The lowest BCUT2D eigenvalue weighted by Gasteiger charge is -2.32. The number of nitrogens with one attached hydrogen (secondary N) is 1. The average molecular weight is 337 g/mol. The molecule has 1 aromatic carbocycles. The maximum atomic E-state index is 12.6. The van der Waals surface area contributed by atoms with Crippen molar-refractivity contribution in [3.63, 3.8) is 0 Å². The Morgan fingerprint density at radius 3 is 2.62 bits per heavy atom. The van der Waals surface area contributed by atoms with Crippen LogP contribution in [-0.2, 0) is 17.4 Å². The Hall–Kier alpha value is -2.31. The molecule has 0 bridgehead atoms. The molecule has 2 aromatic rings. The summed E-state index contributed by atoms with van der Waals surface area (Å²) >= 11 is 0. The van der Waals surface area contributed by atoms with Crippen LogP contribution in [0.3, 0.4) is 0 Å². The van der Waals surface area contributed by atoms with Crippen LogP contribution in [-0.4, -0.2) is 34.1 Å². The molecule has 1 aliphatic heterocycles. The standard InChI is InChI=1S/C17H18F3N3O/c18-17(19,20)14-5-3-12(4-6-14)10-16(24)23-9-1-2-13(11-23)15-7-8-21-22-15/h3-8,13H,1-2,9-11H2,(H,21,22). The lowest BCUT2D eigenvalue weighted by Crippen LogP contribution is -2.40. The van der Waals surface area contributed by atoms with Crippen LogP contribution >= 0.6 is 0 Å². The predicted molar refractivity (Wildman–Crippen MR) is 82.3 cm³/mol. The Bertz CT molecular complexity index is 680. The number of halogens is 3. The fourth-order valence-electron chi connectivity index (χ4n) is 3.05. The van der Waals surface area contributed by atoms with E-state index in [1.54, 1.807) is 11.1 Å². The van der Waals surface area contributed by atoms with Gasteiger partial charge in [-0.1, -0.05) is 12.1 Å². The predicted octanol–water partition coefficient (Wildman–Crippen LogP) is 3.38. The molecule has 2 heterocycles. The normalized spacial score (nSPS) is 18.6. The molecular weight excluding hydrogens is 319 g/mol. The minimum Gasteiger partial charge on any atom is -0.342 e. The van der Waals surface area contributed by atoms with Gasteiger partial charge >= 0.3 is 6.18 Å². The molecule has 1 N–H and O–H groups in total. The molecule has 1 aromatic heterocycles. The van der Waals surface area contributed by atoms with Crippen molar-refractivity contribution in [3.8, 4) is 0 Å². The lowest BCUT2D eigenvalue weighted by atomic mass is 9.94. The van der Waals surface area contributed by atoms with E-state index in [9.17, 15) is 18.0 Å². The number of likely N-dealkylation sites (tertiary alicyclic amines) is 1. The van der Waals surface area contributed by atoms with E-state index in [2.05, 4.69) is 10.2 Å². The van der Waals surface area contributed by atoms with E-state index in [0.717, 1.165) is 30.7 Å². The van der Waals surface area contributed by atoms with E-state index in [4.69, 9.17) is 0 Å². The van der Waals surface area contributed by atoms with Crippen LogP contribution in [0.1, 0.15) is 35.6 Å². The first-order chi connectivity index (χ1) is 11.4. The second-order valence-corrected chi connectivity index (χ2v) is 6.06. The van der Waals surface area contributed by atoms with E-state index in [1.807, 2.05) is 6.07 Å². The van der Waals surface area contributed by atoms with Crippen molar-refractivity contribution >= 4 is 5.91 Å². The number of hydrogen-bond donors (Lipinski definition) is 1. The summed E-state index contributed by atoms with van der Waals surface area (Å²) in [7, 11) is 0. The molecule has 7 heteroatoms. The van der Waals surface area contributed by atoms with Crippen molar-refractivity contribution in [1.82, 2.24) is 15.1 Å². The molecular formula is C17H18F3N3O. The first-order valence-electron chi connectivity index (χ1n) is 7.86. The van der Waals surface area contributed by atoms with Crippen LogP contribution in [0.15, 0.2) is 36.5 Å². The van der Waals surface area contributed by atoms with Crippen molar-refractivity contribution < 1.29 is 18.0 Å². The molecule has 0 spiro atoms. The van der Waals surface area contributed by atoms with Gasteiger partial charge in [0.25, 0.3) is 0 Å². The van der Waals surface area contributed by atoms with Gasteiger partial charge in [-0.3, -0.25) is 9.89 Å². The van der Waals surface area contributed by atoms with Crippen LogP contribution < -0.4 is 0 Å². The molecule has 0 saturated carbocycles. The third kappa shape index (κ3) is 3.77. The molecule has 1 aliphatic rings. The third-order valence-electron chi connectivity index (χ3n) is 4.37. The minimum absolute atomic E-state index is 0.0565. The Balaban J connectivity index is 1.62. The fourth-order valence-corrected chi connectivity index (χ4v) is 3.05.